The Morgan fingerprint density at radius 2 is 1.75 bits per heavy atom. The predicted octanol–water partition coefficient (Wildman–Crippen LogP) is 3.69. The molecular weight excluding hydrogens is 430 g/mol. The highest BCUT2D eigenvalue weighted by atomic mass is 32.2. The summed E-state index contributed by atoms with van der Waals surface area (Å²) in [6, 6.07) is 7.78. The van der Waals surface area contributed by atoms with Gasteiger partial charge >= 0.3 is 5.97 Å². The molecule has 0 saturated carbocycles. The second-order valence-corrected chi connectivity index (χ2v) is 9.71. The number of nitrogens with zero attached hydrogens (tertiary/aromatic N) is 2. The Balaban J connectivity index is 1.82. The van der Waals surface area contributed by atoms with Crippen LogP contribution in [0.15, 0.2) is 35.2 Å². The number of carbonyl (C=O) groups excluding carboxylic acids is 2. The maximum atomic E-state index is 13.2. The van der Waals surface area contributed by atoms with Gasteiger partial charge < -0.3 is 10.1 Å². The number of benzene rings is 1. The second-order valence-electron chi connectivity index (χ2n) is 7.80. The number of esters is 1. The van der Waals surface area contributed by atoms with E-state index in [1.807, 2.05) is 0 Å². The van der Waals surface area contributed by atoms with E-state index in [0.717, 1.165) is 25.7 Å². The van der Waals surface area contributed by atoms with E-state index in [2.05, 4.69) is 10.3 Å². The number of aromatic nitrogens is 1. The lowest BCUT2D eigenvalue weighted by atomic mass is 10.1. The third-order valence-corrected chi connectivity index (χ3v) is 7.48. The summed E-state index contributed by atoms with van der Waals surface area (Å²) in [6.07, 6.45) is 3.76. The molecule has 1 aliphatic heterocycles. The largest absolute Gasteiger partial charge is 0.462 e. The van der Waals surface area contributed by atoms with Gasteiger partial charge in [-0.2, -0.15) is 4.31 Å². The van der Waals surface area contributed by atoms with Gasteiger partial charge in [-0.1, -0.05) is 18.9 Å². The molecule has 172 valence electrons. The van der Waals surface area contributed by atoms with Crippen LogP contribution in [0.1, 0.15) is 64.7 Å². The van der Waals surface area contributed by atoms with Crippen LogP contribution < -0.4 is 5.32 Å². The fourth-order valence-electron chi connectivity index (χ4n) is 3.68. The van der Waals surface area contributed by atoms with Crippen LogP contribution in [-0.4, -0.2) is 49.3 Å². The highest BCUT2D eigenvalue weighted by molar-refractivity contribution is 7.89. The molecule has 1 fully saturated rings. The molecule has 2 heterocycles. The minimum Gasteiger partial charge on any atom is -0.462 e. The Morgan fingerprint density at radius 3 is 2.38 bits per heavy atom. The van der Waals surface area contributed by atoms with Gasteiger partial charge in [0, 0.05) is 18.8 Å². The molecule has 1 saturated heterocycles. The van der Waals surface area contributed by atoms with Crippen LogP contribution in [-0.2, 0) is 14.8 Å². The average molecular weight is 460 g/mol. The van der Waals surface area contributed by atoms with Crippen LogP contribution in [0.5, 0.6) is 0 Å². The van der Waals surface area contributed by atoms with Crippen molar-refractivity contribution in [1.29, 1.82) is 0 Å². The number of aryl methyl sites for hydroxylation is 2. The quantitative estimate of drug-likeness (QED) is 0.661. The standard InChI is InChI=1S/C23H29N3O5S/c1-4-31-23(28)19-11-12-20(24-17(19)3)22(27)25-18-10-9-16(2)21(15-18)32(29,30)26-13-7-5-6-8-14-26/h9-12,15H,4-8,13-14H2,1-3H3,(H,25,27). The summed E-state index contributed by atoms with van der Waals surface area (Å²) in [4.78, 5) is 29.0. The Kier molecular flexibility index (Phi) is 7.63. The minimum absolute atomic E-state index is 0.119. The van der Waals surface area contributed by atoms with E-state index in [-0.39, 0.29) is 17.2 Å². The van der Waals surface area contributed by atoms with Crippen molar-refractivity contribution in [3.63, 3.8) is 0 Å². The molecule has 0 aliphatic carbocycles. The fraction of sp³-hybridized carbons (Fsp3) is 0.435. The molecule has 0 atom stereocenters. The monoisotopic (exact) mass is 459 g/mol. The lowest BCUT2D eigenvalue weighted by Crippen LogP contribution is -2.32. The zero-order chi connectivity index (χ0) is 23.3. The Bertz CT molecular complexity index is 1110. The molecule has 1 amide bonds. The first kappa shape index (κ1) is 23.9. The fourth-order valence-corrected chi connectivity index (χ4v) is 5.45. The Hall–Kier alpha value is -2.78. The highest BCUT2D eigenvalue weighted by Crippen LogP contribution is 2.26. The van der Waals surface area contributed by atoms with Gasteiger partial charge in [-0.25, -0.2) is 18.2 Å². The molecule has 1 aromatic carbocycles. The van der Waals surface area contributed by atoms with Gasteiger partial charge in [0.25, 0.3) is 5.91 Å². The van der Waals surface area contributed by atoms with E-state index >= 15 is 0 Å². The van der Waals surface area contributed by atoms with Crippen molar-refractivity contribution in [2.24, 2.45) is 0 Å². The number of nitrogens with one attached hydrogen (secondary N) is 1. The normalized spacial score (nSPS) is 15.1. The maximum absolute atomic E-state index is 13.2. The van der Waals surface area contributed by atoms with Crippen molar-refractivity contribution < 1.29 is 22.7 Å². The minimum atomic E-state index is -3.65. The van der Waals surface area contributed by atoms with Crippen LogP contribution in [0.4, 0.5) is 5.69 Å². The molecule has 0 bridgehead atoms. The zero-order valence-corrected chi connectivity index (χ0v) is 19.5. The van der Waals surface area contributed by atoms with Crippen LogP contribution in [0, 0.1) is 13.8 Å². The number of rotatable bonds is 6. The van der Waals surface area contributed by atoms with Crippen molar-refractivity contribution in [2.75, 3.05) is 25.0 Å². The van der Waals surface area contributed by atoms with Crippen LogP contribution in [0.3, 0.4) is 0 Å². The summed E-state index contributed by atoms with van der Waals surface area (Å²) in [6.45, 7) is 6.35. The lowest BCUT2D eigenvalue weighted by Gasteiger charge is -2.21. The Morgan fingerprint density at radius 1 is 1.06 bits per heavy atom. The maximum Gasteiger partial charge on any atom is 0.339 e. The van der Waals surface area contributed by atoms with E-state index in [1.165, 1.54) is 22.5 Å². The number of anilines is 1. The summed E-state index contributed by atoms with van der Waals surface area (Å²) in [5.74, 6) is -0.989. The molecule has 2 aromatic rings. The number of hydrogen-bond acceptors (Lipinski definition) is 6. The number of hydrogen-bond donors (Lipinski definition) is 1. The molecule has 0 radical (unpaired) electrons. The summed E-state index contributed by atoms with van der Waals surface area (Å²) in [5.41, 5.74) is 1.78. The number of ether oxygens (including phenoxy) is 1. The lowest BCUT2D eigenvalue weighted by molar-refractivity contribution is 0.0524. The van der Waals surface area contributed by atoms with E-state index in [1.54, 1.807) is 32.9 Å². The first-order valence-electron chi connectivity index (χ1n) is 10.8. The molecule has 3 rings (SSSR count). The molecule has 0 unspecified atom stereocenters. The van der Waals surface area contributed by atoms with Crippen molar-refractivity contribution in [1.82, 2.24) is 9.29 Å². The molecular formula is C23H29N3O5S. The summed E-state index contributed by atoms with van der Waals surface area (Å²) < 4.78 is 33.0. The third-order valence-electron chi connectivity index (χ3n) is 5.44. The SMILES string of the molecule is CCOC(=O)c1ccc(C(=O)Nc2ccc(C)c(S(=O)(=O)N3CCCCCC3)c2)nc1C. The molecule has 1 aromatic heterocycles. The molecule has 8 nitrogen and oxygen atoms in total. The number of pyridine rings is 1. The first-order chi connectivity index (χ1) is 15.2. The summed E-state index contributed by atoms with van der Waals surface area (Å²) >= 11 is 0. The van der Waals surface area contributed by atoms with Gasteiger partial charge in [0.2, 0.25) is 10.0 Å². The summed E-state index contributed by atoms with van der Waals surface area (Å²) in [5, 5.41) is 2.71. The average Bonchev–Trinajstić information content (AvgIpc) is 3.05. The molecule has 1 N–H and O–H groups in total. The smallest absolute Gasteiger partial charge is 0.339 e. The van der Waals surface area contributed by atoms with E-state index < -0.39 is 21.9 Å². The van der Waals surface area contributed by atoms with Gasteiger partial charge in [0.05, 0.1) is 22.8 Å². The van der Waals surface area contributed by atoms with Crippen LogP contribution >= 0.6 is 0 Å². The van der Waals surface area contributed by atoms with Crippen molar-refractivity contribution in [2.45, 2.75) is 51.3 Å². The van der Waals surface area contributed by atoms with Crippen molar-refractivity contribution in [3.8, 4) is 0 Å². The third kappa shape index (κ3) is 5.34. The first-order valence-corrected chi connectivity index (χ1v) is 12.2. The highest BCUT2D eigenvalue weighted by Gasteiger charge is 2.27. The predicted molar refractivity (Wildman–Crippen MR) is 121 cm³/mol. The number of carbonyl (C=O) groups is 2. The molecule has 9 heteroatoms. The van der Waals surface area contributed by atoms with Crippen LogP contribution in [0.25, 0.3) is 0 Å². The van der Waals surface area contributed by atoms with E-state index in [4.69, 9.17) is 4.74 Å². The summed E-state index contributed by atoms with van der Waals surface area (Å²) in [7, 11) is -3.65. The van der Waals surface area contributed by atoms with E-state index in [0.29, 0.717) is 35.6 Å². The topological polar surface area (TPSA) is 106 Å². The van der Waals surface area contributed by atoms with Crippen LogP contribution in [0.2, 0.25) is 0 Å². The zero-order valence-electron chi connectivity index (χ0n) is 18.7. The van der Waals surface area contributed by atoms with Crippen molar-refractivity contribution >= 4 is 27.6 Å². The Labute approximate surface area is 189 Å². The molecule has 1 aliphatic rings. The van der Waals surface area contributed by atoms with Gasteiger partial charge in [0.15, 0.2) is 0 Å². The number of sulfonamides is 1. The van der Waals surface area contributed by atoms with Gasteiger partial charge in [-0.15, -0.1) is 0 Å². The van der Waals surface area contributed by atoms with Crippen molar-refractivity contribution in [3.05, 3.63) is 52.8 Å². The van der Waals surface area contributed by atoms with Gasteiger partial charge in [-0.3, -0.25) is 4.79 Å². The molecule has 32 heavy (non-hydrogen) atoms. The van der Waals surface area contributed by atoms with Gasteiger partial charge in [0.1, 0.15) is 5.69 Å². The number of amides is 1. The second kappa shape index (κ2) is 10.2. The van der Waals surface area contributed by atoms with E-state index in [9.17, 15) is 18.0 Å². The van der Waals surface area contributed by atoms with Gasteiger partial charge in [-0.05, 0) is 63.4 Å². The molecule has 0 spiro atoms.